The number of nitrogens with zero attached hydrogens (tertiary/aromatic N) is 3. The Balaban J connectivity index is 0.00000103. The van der Waals surface area contributed by atoms with E-state index >= 15 is 0 Å². The van der Waals surface area contributed by atoms with E-state index < -0.39 is 17.3 Å². The van der Waals surface area contributed by atoms with E-state index in [9.17, 15) is 13.2 Å². The molecule has 4 nitrogen and oxygen atoms in total. The summed E-state index contributed by atoms with van der Waals surface area (Å²) >= 11 is 0. The Morgan fingerprint density at radius 2 is 1.77 bits per heavy atom. The fraction of sp³-hybridized carbons (Fsp3) is 0.481. The van der Waals surface area contributed by atoms with Gasteiger partial charge in [-0.15, -0.1) is 0 Å². The van der Waals surface area contributed by atoms with Gasteiger partial charge in [-0.25, -0.2) is 28.1 Å². The van der Waals surface area contributed by atoms with Crippen molar-refractivity contribution in [2.45, 2.75) is 72.8 Å². The van der Waals surface area contributed by atoms with Gasteiger partial charge in [-0.05, 0) is 48.8 Å². The van der Waals surface area contributed by atoms with Gasteiger partial charge in [0.1, 0.15) is 18.0 Å². The van der Waals surface area contributed by atoms with Crippen molar-refractivity contribution in [1.29, 1.82) is 0 Å². The number of alkyl halides is 2. The summed E-state index contributed by atoms with van der Waals surface area (Å²) in [7, 11) is 0.246. The van der Waals surface area contributed by atoms with Gasteiger partial charge in [-0.1, -0.05) is 51.8 Å². The molecule has 1 N–H and O–H groups in total. The topological polar surface area (TPSA) is 50.7 Å². The number of nitrogens with one attached hydrogen (secondary N) is 1. The molecule has 8 heteroatoms. The van der Waals surface area contributed by atoms with Crippen LogP contribution in [0.25, 0.3) is 11.0 Å². The van der Waals surface area contributed by atoms with Crippen LogP contribution in [-0.4, -0.2) is 32.3 Å². The smallest absolute Gasteiger partial charge is 0.273 e. The maximum atomic E-state index is 14.6. The Hall–Kier alpha value is -2.48. The molecule has 1 fully saturated rings. The van der Waals surface area contributed by atoms with E-state index in [1.807, 2.05) is 34.6 Å². The molecule has 0 radical (unpaired) electrons. The summed E-state index contributed by atoms with van der Waals surface area (Å²) in [5.41, 5.74) is 2.24. The molecule has 1 aliphatic rings. The first-order valence-electron chi connectivity index (χ1n) is 12.2. The van der Waals surface area contributed by atoms with Crippen LogP contribution in [-0.2, 0) is 12.5 Å². The van der Waals surface area contributed by atoms with Crippen molar-refractivity contribution in [3.8, 4) is 0 Å². The predicted octanol–water partition coefficient (Wildman–Crippen LogP) is 7.83. The lowest BCUT2D eigenvalue weighted by Gasteiger charge is -2.25. The molecule has 3 heterocycles. The predicted molar refractivity (Wildman–Crippen MR) is 144 cm³/mol. The summed E-state index contributed by atoms with van der Waals surface area (Å²) in [6, 6.07) is 6.11. The second-order valence-electron chi connectivity index (χ2n) is 8.07. The zero-order chi connectivity index (χ0) is 26.2. The number of anilines is 1. The third kappa shape index (κ3) is 7.03. The molecule has 192 valence electrons. The molecule has 35 heavy (non-hydrogen) atoms. The van der Waals surface area contributed by atoms with Crippen LogP contribution in [0.1, 0.15) is 75.8 Å². The van der Waals surface area contributed by atoms with Crippen LogP contribution in [0.15, 0.2) is 30.6 Å². The van der Waals surface area contributed by atoms with Crippen molar-refractivity contribution in [1.82, 2.24) is 15.0 Å². The first-order valence-corrected chi connectivity index (χ1v) is 14.0. The fourth-order valence-electron chi connectivity index (χ4n) is 4.06. The van der Waals surface area contributed by atoms with E-state index in [2.05, 4.69) is 32.2 Å². The number of halogens is 3. The van der Waals surface area contributed by atoms with E-state index in [0.29, 0.717) is 24.3 Å². The van der Waals surface area contributed by atoms with Gasteiger partial charge in [0.05, 0.1) is 10.9 Å². The zero-order valence-electron chi connectivity index (χ0n) is 21.6. The van der Waals surface area contributed by atoms with E-state index in [-0.39, 0.29) is 22.6 Å². The maximum absolute atomic E-state index is 14.6. The number of aryl methyl sites for hydroxylation is 1. The largest absolute Gasteiger partial charge is 0.365 e. The van der Waals surface area contributed by atoms with Crippen molar-refractivity contribution < 1.29 is 13.2 Å². The average molecular weight is 507 g/mol. The van der Waals surface area contributed by atoms with Crippen molar-refractivity contribution in [2.75, 3.05) is 16.8 Å². The Labute approximate surface area is 209 Å². The molecule has 2 aromatic heterocycles. The number of aromatic nitrogens is 3. The quantitative estimate of drug-likeness (QED) is 0.358. The van der Waals surface area contributed by atoms with Crippen LogP contribution in [0.5, 0.6) is 0 Å². The summed E-state index contributed by atoms with van der Waals surface area (Å²) in [6.07, 6.45) is 3.57. The molecule has 3 aromatic rings. The number of hydrogen-bond donors (Lipinski definition) is 1. The molecule has 0 bridgehead atoms. The van der Waals surface area contributed by atoms with Gasteiger partial charge in [-0.2, -0.15) is 10.5 Å². The van der Waals surface area contributed by atoms with E-state index in [0.717, 1.165) is 41.5 Å². The van der Waals surface area contributed by atoms with Gasteiger partial charge in [0.25, 0.3) is 5.92 Å². The molecule has 0 saturated carbocycles. The van der Waals surface area contributed by atoms with Crippen LogP contribution >= 0.6 is 10.5 Å². The van der Waals surface area contributed by atoms with Gasteiger partial charge >= 0.3 is 0 Å². The number of benzene rings is 1. The Bertz CT molecular complexity index is 1140. The second-order valence-corrected chi connectivity index (χ2v) is 10.1. The number of hydrogen-bond acceptors (Lipinski definition) is 4. The molecule has 4 rings (SSSR count). The van der Waals surface area contributed by atoms with Crippen LogP contribution in [0.4, 0.5) is 19.0 Å². The number of fused-ring (bicyclic) bond motifs is 1. The molecule has 1 aromatic carbocycles. The van der Waals surface area contributed by atoms with Crippen molar-refractivity contribution >= 4 is 33.2 Å². The highest BCUT2D eigenvalue weighted by Gasteiger charge is 2.29. The lowest BCUT2D eigenvalue weighted by atomic mass is 9.92. The molecule has 0 spiro atoms. The highest BCUT2D eigenvalue weighted by atomic mass is 32.2. The summed E-state index contributed by atoms with van der Waals surface area (Å²) in [6.45, 7) is 10.7. The molecule has 0 atom stereocenters. The van der Waals surface area contributed by atoms with Gasteiger partial charge in [0.15, 0.2) is 5.65 Å². The van der Waals surface area contributed by atoms with Crippen LogP contribution < -0.4 is 5.32 Å². The highest BCUT2D eigenvalue weighted by Crippen LogP contribution is 2.37. The van der Waals surface area contributed by atoms with Gasteiger partial charge < -0.3 is 5.32 Å². The van der Waals surface area contributed by atoms with Crippen molar-refractivity contribution in [3.05, 3.63) is 58.8 Å². The normalized spacial score (nSPS) is 17.6. The summed E-state index contributed by atoms with van der Waals surface area (Å²) in [4.78, 5) is 13.3. The average Bonchev–Trinajstić information content (AvgIpc) is 2.85. The molecular formula is C27H37F3N4S. The van der Waals surface area contributed by atoms with Gasteiger partial charge in [-0.3, -0.25) is 0 Å². The third-order valence-electron chi connectivity index (χ3n) is 5.80. The molecule has 0 aliphatic carbocycles. The van der Waals surface area contributed by atoms with E-state index in [1.54, 1.807) is 0 Å². The standard InChI is InChI=1S/C23H25F3N4S.2C2H6/c1-14-17(15-7-9-31(3)10-8-15)11-18-21(28-13-29-22(18)30-14)27-12-16-5-4-6-19(20(16)24)23(2,25)26;2*1-2/h4-6,11,13,15H,3,7-10,12H2,1-2H3,(H,27,28,29,30);2*1-2H3. The first-order chi connectivity index (χ1) is 16.7. The van der Waals surface area contributed by atoms with E-state index in [4.69, 9.17) is 0 Å². The summed E-state index contributed by atoms with van der Waals surface area (Å²) in [5, 5.41) is 3.85. The second kappa shape index (κ2) is 13.0. The lowest BCUT2D eigenvalue weighted by molar-refractivity contribution is 0.0136. The molecular weight excluding hydrogens is 469 g/mol. The van der Waals surface area contributed by atoms with Gasteiger partial charge in [0, 0.05) is 24.7 Å². The number of rotatable bonds is 5. The molecule has 1 aliphatic heterocycles. The van der Waals surface area contributed by atoms with Gasteiger partial charge in [0.2, 0.25) is 0 Å². The summed E-state index contributed by atoms with van der Waals surface area (Å²) in [5.74, 6) is 3.24. The highest BCUT2D eigenvalue weighted by molar-refractivity contribution is 8.14. The Kier molecular flexibility index (Phi) is 10.7. The SMILES string of the molecule is C=S1CCC(c2cc3c(NCc4cccc(C(C)(F)F)c4F)ncnc3nc2C)CC1.CC.CC. The Morgan fingerprint density at radius 1 is 1.11 bits per heavy atom. The van der Waals surface area contributed by atoms with Crippen molar-refractivity contribution in [2.24, 2.45) is 0 Å². The van der Waals surface area contributed by atoms with Crippen LogP contribution in [0, 0.1) is 12.7 Å². The lowest BCUT2D eigenvalue weighted by Crippen LogP contribution is -2.14. The minimum absolute atomic E-state index is 0.0266. The van der Waals surface area contributed by atoms with Crippen LogP contribution in [0.2, 0.25) is 0 Å². The van der Waals surface area contributed by atoms with E-state index in [1.165, 1.54) is 24.0 Å². The molecule has 0 unspecified atom stereocenters. The first kappa shape index (κ1) is 28.8. The zero-order valence-corrected chi connectivity index (χ0v) is 22.4. The fourth-order valence-corrected chi connectivity index (χ4v) is 5.50. The Morgan fingerprint density at radius 3 is 2.40 bits per heavy atom. The minimum Gasteiger partial charge on any atom is -0.365 e. The molecule has 0 amide bonds. The monoisotopic (exact) mass is 506 g/mol. The maximum Gasteiger partial charge on any atom is 0.273 e. The molecule has 1 saturated heterocycles. The summed E-state index contributed by atoms with van der Waals surface area (Å²) < 4.78 is 41.9. The number of pyridine rings is 1. The van der Waals surface area contributed by atoms with Crippen molar-refractivity contribution in [3.63, 3.8) is 0 Å². The van der Waals surface area contributed by atoms with Crippen LogP contribution in [0.3, 0.4) is 0 Å². The minimum atomic E-state index is -3.24. The third-order valence-corrected chi connectivity index (χ3v) is 7.43.